The minimum Gasteiger partial charge on any atom is -0.378 e. The lowest BCUT2D eigenvalue weighted by atomic mass is 9.81. The summed E-state index contributed by atoms with van der Waals surface area (Å²) < 4.78 is 5.46. The van der Waals surface area contributed by atoms with Gasteiger partial charge in [0.1, 0.15) is 0 Å². The van der Waals surface area contributed by atoms with Gasteiger partial charge in [0.05, 0.1) is 13.2 Å². The summed E-state index contributed by atoms with van der Waals surface area (Å²) >= 11 is 0. The van der Waals surface area contributed by atoms with Crippen molar-refractivity contribution in [3.63, 3.8) is 0 Å². The van der Waals surface area contributed by atoms with E-state index >= 15 is 0 Å². The fourth-order valence-electron chi connectivity index (χ4n) is 3.95. The highest BCUT2D eigenvalue weighted by Gasteiger charge is 2.31. The van der Waals surface area contributed by atoms with Crippen LogP contribution in [-0.2, 0) is 17.6 Å². The summed E-state index contributed by atoms with van der Waals surface area (Å²) in [6, 6.07) is 19.2. The van der Waals surface area contributed by atoms with E-state index in [4.69, 9.17) is 9.53 Å². The Kier molecular flexibility index (Phi) is 9.15. The summed E-state index contributed by atoms with van der Waals surface area (Å²) in [6.45, 7) is 5.95. The first kappa shape index (κ1) is 23.7. The van der Waals surface area contributed by atoms with Gasteiger partial charge in [0.2, 0.25) is 0 Å². The number of hydrogen-bond donors (Lipinski definition) is 2. The summed E-state index contributed by atoms with van der Waals surface area (Å²) in [5.74, 6) is 0. The van der Waals surface area contributed by atoms with Crippen LogP contribution in [0.2, 0.25) is 0 Å². The number of rotatable bonds is 7. The van der Waals surface area contributed by atoms with Crippen LogP contribution in [0.1, 0.15) is 24.5 Å². The van der Waals surface area contributed by atoms with E-state index < -0.39 is 6.03 Å². The molecule has 1 fully saturated rings. The summed E-state index contributed by atoms with van der Waals surface area (Å²) in [7, 11) is 4.43. The number of nitrogens with zero attached hydrogens (tertiary/aromatic N) is 2. The van der Waals surface area contributed by atoms with Gasteiger partial charge in [0.15, 0.2) is 0 Å². The van der Waals surface area contributed by atoms with Crippen molar-refractivity contribution in [1.29, 1.82) is 0 Å². The molecule has 1 saturated heterocycles. The minimum atomic E-state index is -0.833. The van der Waals surface area contributed by atoms with Gasteiger partial charge in [-0.1, -0.05) is 49.4 Å². The summed E-state index contributed by atoms with van der Waals surface area (Å²) in [4.78, 5) is 13.8. The van der Waals surface area contributed by atoms with E-state index in [1.807, 2.05) is 0 Å². The van der Waals surface area contributed by atoms with Crippen LogP contribution in [0.4, 0.5) is 10.5 Å². The standard InChI is InChI=1S/C23H32N2O.CH4N2O/c1-4-23(24(2)3,18-20-8-6-5-7-9-20)19-21-10-12-22(13-11-21)25-14-16-26-17-15-25;2-1(3)4/h5-13H,4,14-19H2,1-3H3;(H4,2,3,4). The van der Waals surface area contributed by atoms with Crippen molar-refractivity contribution in [3.05, 3.63) is 65.7 Å². The first-order valence-electron chi connectivity index (χ1n) is 10.5. The molecule has 1 atom stereocenters. The first-order valence-corrected chi connectivity index (χ1v) is 10.5. The van der Waals surface area contributed by atoms with Crippen LogP contribution in [0.3, 0.4) is 0 Å². The Balaban J connectivity index is 0.000000735. The number of primary amides is 2. The van der Waals surface area contributed by atoms with E-state index in [1.54, 1.807) is 0 Å². The van der Waals surface area contributed by atoms with Gasteiger partial charge in [-0.3, -0.25) is 0 Å². The van der Waals surface area contributed by atoms with Crippen molar-refractivity contribution in [2.24, 2.45) is 11.5 Å². The van der Waals surface area contributed by atoms with Crippen LogP contribution in [0.5, 0.6) is 0 Å². The summed E-state index contributed by atoms with van der Waals surface area (Å²) in [5.41, 5.74) is 12.8. The van der Waals surface area contributed by atoms with Gasteiger partial charge in [0.25, 0.3) is 0 Å². The zero-order valence-electron chi connectivity index (χ0n) is 18.5. The molecular formula is C24H36N4O2. The molecule has 0 spiro atoms. The highest BCUT2D eigenvalue weighted by molar-refractivity contribution is 5.69. The van der Waals surface area contributed by atoms with E-state index in [1.165, 1.54) is 16.8 Å². The molecule has 3 rings (SSSR count). The second-order valence-electron chi connectivity index (χ2n) is 7.98. The van der Waals surface area contributed by atoms with Gasteiger partial charge in [-0.05, 0) is 56.6 Å². The molecule has 4 N–H and O–H groups in total. The van der Waals surface area contributed by atoms with Gasteiger partial charge >= 0.3 is 6.03 Å². The Hall–Kier alpha value is -2.57. The van der Waals surface area contributed by atoms with E-state index in [2.05, 4.69) is 96.9 Å². The Labute approximate surface area is 180 Å². The number of carbonyl (C=O) groups excluding carboxylic acids is 1. The van der Waals surface area contributed by atoms with Crippen LogP contribution in [0.15, 0.2) is 54.6 Å². The number of amides is 2. The number of anilines is 1. The monoisotopic (exact) mass is 412 g/mol. The highest BCUT2D eigenvalue weighted by atomic mass is 16.5. The largest absolute Gasteiger partial charge is 0.378 e. The molecule has 2 amide bonds. The molecule has 0 aliphatic carbocycles. The second kappa shape index (κ2) is 11.6. The number of benzene rings is 2. The number of carbonyl (C=O) groups is 1. The molecule has 30 heavy (non-hydrogen) atoms. The lowest BCUT2D eigenvalue weighted by molar-refractivity contribution is 0.122. The minimum absolute atomic E-state index is 0.141. The maximum atomic E-state index is 9.00. The van der Waals surface area contributed by atoms with E-state index in [0.29, 0.717) is 0 Å². The topological polar surface area (TPSA) is 84.8 Å². The average molecular weight is 413 g/mol. The highest BCUT2D eigenvalue weighted by Crippen LogP contribution is 2.28. The van der Waals surface area contributed by atoms with Crippen LogP contribution in [0.25, 0.3) is 0 Å². The van der Waals surface area contributed by atoms with E-state index in [-0.39, 0.29) is 5.54 Å². The molecule has 0 bridgehead atoms. The maximum absolute atomic E-state index is 9.00. The summed E-state index contributed by atoms with van der Waals surface area (Å²) in [5, 5.41) is 0. The number of morpholine rings is 1. The number of nitrogens with two attached hydrogens (primary N) is 2. The van der Waals surface area contributed by atoms with Crippen LogP contribution >= 0.6 is 0 Å². The third-order valence-corrected chi connectivity index (χ3v) is 5.83. The van der Waals surface area contributed by atoms with Crippen LogP contribution in [0, 0.1) is 0 Å². The Morgan fingerprint density at radius 2 is 1.47 bits per heavy atom. The van der Waals surface area contributed by atoms with Crippen LogP contribution in [-0.4, -0.2) is 56.9 Å². The molecule has 164 valence electrons. The van der Waals surface area contributed by atoms with Crippen molar-refractivity contribution in [2.45, 2.75) is 31.7 Å². The molecule has 1 aliphatic heterocycles. The number of urea groups is 1. The lowest BCUT2D eigenvalue weighted by Crippen LogP contribution is -2.47. The Bertz CT molecular complexity index is 755. The van der Waals surface area contributed by atoms with Crippen molar-refractivity contribution >= 4 is 11.7 Å². The molecule has 0 aromatic heterocycles. The zero-order valence-corrected chi connectivity index (χ0v) is 18.5. The Morgan fingerprint density at radius 1 is 0.967 bits per heavy atom. The summed E-state index contributed by atoms with van der Waals surface area (Å²) in [6.07, 6.45) is 3.26. The van der Waals surface area contributed by atoms with Crippen molar-refractivity contribution < 1.29 is 9.53 Å². The number of likely N-dealkylation sites (N-methyl/N-ethyl adjacent to an activating group) is 1. The fourth-order valence-corrected chi connectivity index (χ4v) is 3.95. The van der Waals surface area contributed by atoms with Gasteiger partial charge in [0, 0.05) is 24.3 Å². The normalized spacial score (nSPS) is 15.8. The smallest absolute Gasteiger partial charge is 0.309 e. The third kappa shape index (κ3) is 7.04. The fraction of sp³-hybridized carbons (Fsp3) is 0.458. The van der Waals surface area contributed by atoms with Crippen molar-refractivity contribution in [3.8, 4) is 0 Å². The quantitative estimate of drug-likeness (QED) is 0.732. The van der Waals surface area contributed by atoms with Gasteiger partial charge in [-0.2, -0.15) is 0 Å². The average Bonchev–Trinajstić information content (AvgIpc) is 2.74. The first-order chi connectivity index (χ1) is 14.4. The third-order valence-electron chi connectivity index (χ3n) is 5.83. The predicted octanol–water partition coefficient (Wildman–Crippen LogP) is 3.04. The Morgan fingerprint density at radius 3 is 1.93 bits per heavy atom. The van der Waals surface area contributed by atoms with Gasteiger partial charge in [-0.25, -0.2) is 4.79 Å². The molecule has 0 radical (unpaired) electrons. The zero-order chi connectivity index (χ0) is 22.0. The SMILES string of the molecule is CCC(Cc1ccccc1)(Cc1ccc(N2CCOCC2)cc1)N(C)C.NC(N)=O. The molecule has 6 heteroatoms. The number of hydrogen-bond acceptors (Lipinski definition) is 4. The second-order valence-corrected chi connectivity index (χ2v) is 7.98. The molecule has 2 aromatic rings. The molecule has 1 unspecified atom stereocenters. The molecule has 0 saturated carbocycles. The van der Waals surface area contributed by atoms with E-state index in [0.717, 1.165) is 45.6 Å². The molecule has 1 aliphatic rings. The van der Waals surface area contributed by atoms with Crippen molar-refractivity contribution in [2.75, 3.05) is 45.3 Å². The molecule has 1 heterocycles. The molecular weight excluding hydrogens is 376 g/mol. The van der Waals surface area contributed by atoms with Gasteiger partial charge in [-0.15, -0.1) is 0 Å². The van der Waals surface area contributed by atoms with Gasteiger partial charge < -0.3 is 26.0 Å². The number of ether oxygens (including phenoxy) is 1. The van der Waals surface area contributed by atoms with Crippen LogP contribution < -0.4 is 16.4 Å². The lowest BCUT2D eigenvalue weighted by Gasteiger charge is -2.40. The molecule has 6 nitrogen and oxygen atoms in total. The predicted molar refractivity (Wildman–Crippen MR) is 124 cm³/mol. The maximum Gasteiger partial charge on any atom is 0.309 e. The van der Waals surface area contributed by atoms with Crippen molar-refractivity contribution in [1.82, 2.24) is 4.90 Å². The van der Waals surface area contributed by atoms with E-state index in [9.17, 15) is 0 Å². The molecule has 2 aromatic carbocycles.